The Labute approximate surface area is 69.4 Å². The molecule has 0 saturated heterocycles. The molecular formula is C10H18O. The van der Waals surface area contributed by atoms with Crippen molar-refractivity contribution in [1.29, 1.82) is 0 Å². The van der Waals surface area contributed by atoms with Gasteiger partial charge in [0.15, 0.2) is 0 Å². The zero-order valence-electron chi connectivity index (χ0n) is 7.62. The van der Waals surface area contributed by atoms with E-state index < -0.39 is 0 Å². The van der Waals surface area contributed by atoms with Crippen LogP contribution in [0.1, 0.15) is 27.2 Å². The lowest BCUT2D eigenvalue weighted by Gasteiger charge is -2.07. The summed E-state index contributed by atoms with van der Waals surface area (Å²) in [6.45, 7) is 5.83. The molecule has 0 aliphatic rings. The van der Waals surface area contributed by atoms with Gasteiger partial charge >= 0.3 is 0 Å². The first-order chi connectivity index (χ1) is 5.18. The molecule has 0 aromatic rings. The molecule has 2 atom stereocenters. The summed E-state index contributed by atoms with van der Waals surface area (Å²) in [6, 6.07) is 0. The van der Waals surface area contributed by atoms with Crippen molar-refractivity contribution < 1.29 is 5.11 Å². The van der Waals surface area contributed by atoms with Crippen LogP contribution in [0.4, 0.5) is 0 Å². The Balaban J connectivity index is 3.56. The van der Waals surface area contributed by atoms with Crippen molar-refractivity contribution in [3.8, 4) is 0 Å². The normalized spacial score (nSPS) is 17.8. The van der Waals surface area contributed by atoms with Crippen molar-refractivity contribution >= 4 is 0 Å². The molecule has 0 amide bonds. The van der Waals surface area contributed by atoms with Gasteiger partial charge in [-0.3, -0.25) is 0 Å². The second-order valence-corrected chi connectivity index (χ2v) is 2.83. The van der Waals surface area contributed by atoms with E-state index in [1.165, 1.54) is 0 Å². The topological polar surface area (TPSA) is 20.2 Å². The molecule has 0 radical (unpaired) electrons. The van der Waals surface area contributed by atoms with E-state index in [0.29, 0.717) is 0 Å². The Morgan fingerprint density at radius 2 is 1.91 bits per heavy atom. The van der Waals surface area contributed by atoms with Crippen LogP contribution in [-0.2, 0) is 0 Å². The van der Waals surface area contributed by atoms with Crippen LogP contribution in [0.5, 0.6) is 0 Å². The van der Waals surface area contributed by atoms with Crippen LogP contribution in [0, 0.1) is 5.92 Å². The summed E-state index contributed by atoms with van der Waals surface area (Å²) in [5.41, 5.74) is 0. The summed E-state index contributed by atoms with van der Waals surface area (Å²) in [5, 5.41) is 9.11. The highest BCUT2D eigenvalue weighted by atomic mass is 16.3. The lowest BCUT2D eigenvalue weighted by Crippen LogP contribution is -2.09. The molecule has 0 bridgehead atoms. The molecule has 0 saturated carbocycles. The minimum Gasteiger partial charge on any atom is -0.393 e. The van der Waals surface area contributed by atoms with E-state index in [4.69, 9.17) is 5.11 Å². The molecular weight excluding hydrogens is 136 g/mol. The van der Waals surface area contributed by atoms with Gasteiger partial charge in [-0.1, -0.05) is 31.2 Å². The van der Waals surface area contributed by atoms with Crippen LogP contribution in [0.2, 0.25) is 0 Å². The molecule has 0 heterocycles. The molecule has 1 nitrogen and oxygen atoms in total. The van der Waals surface area contributed by atoms with E-state index >= 15 is 0 Å². The number of hydrogen-bond donors (Lipinski definition) is 1. The lowest BCUT2D eigenvalue weighted by molar-refractivity contribution is 0.157. The molecule has 2 unspecified atom stereocenters. The van der Waals surface area contributed by atoms with Crippen LogP contribution in [0.15, 0.2) is 24.3 Å². The van der Waals surface area contributed by atoms with Crippen LogP contribution >= 0.6 is 0 Å². The molecule has 11 heavy (non-hydrogen) atoms. The summed E-state index contributed by atoms with van der Waals surface area (Å²) in [7, 11) is 0. The smallest absolute Gasteiger partial charge is 0.0572 e. The summed E-state index contributed by atoms with van der Waals surface area (Å²) in [6.07, 6.45) is 8.97. The highest BCUT2D eigenvalue weighted by Crippen LogP contribution is 2.03. The van der Waals surface area contributed by atoms with Gasteiger partial charge in [-0.2, -0.15) is 0 Å². The average molecular weight is 154 g/mol. The van der Waals surface area contributed by atoms with E-state index in [-0.39, 0.29) is 12.0 Å². The number of hydrogen-bond acceptors (Lipinski definition) is 1. The fraction of sp³-hybridized carbons (Fsp3) is 0.600. The van der Waals surface area contributed by atoms with Crippen molar-refractivity contribution in [3.05, 3.63) is 24.3 Å². The Morgan fingerprint density at radius 1 is 1.27 bits per heavy atom. The predicted molar refractivity (Wildman–Crippen MR) is 49.4 cm³/mol. The fourth-order valence-corrected chi connectivity index (χ4v) is 0.669. The number of aliphatic hydroxyl groups excluding tert-OH is 1. The molecule has 0 aliphatic carbocycles. The van der Waals surface area contributed by atoms with Gasteiger partial charge in [0.2, 0.25) is 0 Å². The van der Waals surface area contributed by atoms with Gasteiger partial charge in [-0.05, 0) is 26.2 Å². The van der Waals surface area contributed by atoms with Crippen molar-refractivity contribution in [2.75, 3.05) is 0 Å². The third-order valence-corrected chi connectivity index (χ3v) is 1.71. The first kappa shape index (κ1) is 10.4. The molecule has 0 aromatic carbocycles. The van der Waals surface area contributed by atoms with Crippen molar-refractivity contribution in [1.82, 2.24) is 0 Å². The number of aliphatic hydroxyl groups is 1. The Kier molecular flexibility index (Phi) is 5.86. The number of allylic oxidation sites excluding steroid dienone is 3. The quantitative estimate of drug-likeness (QED) is 0.617. The van der Waals surface area contributed by atoms with Gasteiger partial charge in [0.1, 0.15) is 0 Å². The van der Waals surface area contributed by atoms with Crippen LogP contribution < -0.4 is 0 Å². The maximum Gasteiger partial charge on any atom is 0.0572 e. The van der Waals surface area contributed by atoms with Gasteiger partial charge in [-0.25, -0.2) is 0 Å². The molecule has 64 valence electrons. The molecule has 0 spiro atoms. The van der Waals surface area contributed by atoms with Crippen molar-refractivity contribution in [3.63, 3.8) is 0 Å². The lowest BCUT2D eigenvalue weighted by atomic mass is 10.1. The van der Waals surface area contributed by atoms with E-state index in [9.17, 15) is 0 Å². The Morgan fingerprint density at radius 3 is 2.36 bits per heavy atom. The third kappa shape index (κ3) is 5.86. The molecule has 0 fully saturated rings. The van der Waals surface area contributed by atoms with Gasteiger partial charge in [0.25, 0.3) is 0 Å². The maximum atomic E-state index is 9.11. The second kappa shape index (κ2) is 6.17. The van der Waals surface area contributed by atoms with Crippen LogP contribution in [-0.4, -0.2) is 11.2 Å². The zero-order chi connectivity index (χ0) is 8.69. The summed E-state index contributed by atoms with van der Waals surface area (Å²) < 4.78 is 0. The molecule has 0 aliphatic heterocycles. The fourth-order valence-electron chi connectivity index (χ4n) is 0.669. The van der Waals surface area contributed by atoms with Gasteiger partial charge < -0.3 is 5.11 Å². The maximum absolute atomic E-state index is 9.11. The van der Waals surface area contributed by atoms with Crippen molar-refractivity contribution in [2.24, 2.45) is 5.92 Å². The predicted octanol–water partition coefficient (Wildman–Crippen LogP) is 2.53. The van der Waals surface area contributed by atoms with Crippen LogP contribution in [0.25, 0.3) is 0 Å². The summed E-state index contributed by atoms with van der Waals surface area (Å²) >= 11 is 0. The first-order valence-electron chi connectivity index (χ1n) is 4.14. The Bertz CT molecular complexity index is 134. The number of rotatable bonds is 4. The van der Waals surface area contributed by atoms with Crippen molar-refractivity contribution in [2.45, 2.75) is 33.3 Å². The van der Waals surface area contributed by atoms with Gasteiger partial charge in [-0.15, -0.1) is 0 Å². The van der Waals surface area contributed by atoms with Gasteiger partial charge in [0.05, 0.1) is 6.10 Å². The first-order valence-corrected chi connectivity index (χ1v) is 4.14. The van der Waals surface area contributed by atoms with E-state index in [0.717, 1.165) is 6.42 Å². The minimum absolute atomic E-state index is 0.239. The third-order valence-electron chi connectivity index (χ3n) is 1.71. The standard InChI is InChI=1S/C10H18O/c1-4-5-6-7-8-9(2)10(3)11/h4-5,7-11H,6H2,1-3H3. The summed E-state index contributed by atoms with van der Waals surface area (Å²) in [4.78, 5) is 0. The molecule has 0 rings (SSSR count). The molecule has 0 aromatic heterocycles. The van der Waals surface area contributed by atoms with Gasteiger partial charge in [0, 0.05) is 0 Å². The zero-order valence-corrected chi connectivity index (χ0v) is 7.62. The SMILES string of the molecule is CC=CCC=CC(C)C(C)O. The monoisotopic (exact) mass is 154 g/mol. The molecule has 1 heteroatoms. The Hall–Kier alpha value is -0.560. The van der Waals surface area contributed by atoms with Crippen LogP contribution in [0.3, 0.4) is 0 Å². The highest BCUT2D eigenvalue weighted by molar-refractivity contribution is 4.94. The van der Waals surface area contributed by atoms with E-state index in [2.05, 4.69) is 12.2 Å². The largest absolute Gasteiger partial charge is 0.393 e. The summed E-state index contributed by atoms with van der Waals surface area (Å²) in [5.74, 6) is 0.264. The van der Waals surface area contributed by atoms with E-state index in [1.54, 1.807) is 0 Å². The average Bonchev–Trinajstić information content (AvgIpc) is 1.97. The highest BCUT2D eigenvalue weighted by Gasteiger charge is 2.01. The minimum atomic E-state index is -0.239. The van der Waals surface area contributed by atoms with E-state index in [1.807, 2.05) is 32.9 Å². The molecule has 1 N–H and O–H groups in total. The second-order valence-electron chi connectivity index (χ2n) is 2.83.